The van der Waals surface area contributed by atoms with Crippen molar-refractivity contribution in [3.63, 3.8) is 0 Å². The van der Waals surface area contributed by atoms with E-state index in [-0.39, 0.29) is 17.8 Å². The molecular weight excluding hydrogens is 463 g/mol. The molecule has 1 aromatic heterocycles. The fourth-order valence-electron chi connectivity index (χ4n) is 8.54. The summed E-state index contributed by atoms with van der Waals surface area (Å²) in [6.45, 7) is 2.24. The zero-order valence-corrected chi connectivity index (χ0v) is 20.8. The van der Waals surface area contributed by atoms with Crippen LogP contribution in [-0.4, -0.2) is 91.0 Å². The third-order valence-corrected chi connectivity index (χ3v) is 10.4. The lowest BCUT2D eigenvalue weighted by molar-refractivity contribution is -0.308. The molecule has 3 heterocycles. The summed E-state index contributed by atoms with van der Waals surface area (Å²) in [5, 5.41) is 44.6. The van der Waals surface area contributed by atoms with Gasteiger partial charge < -0.3 is 25.0 Å². The highest BCUT2D eigenvalue weighted by atomic mass is 19.1. The van der Waals surface area contributed by atoms with Crippen LogP contribution in [0.1, 0.15) is 44.6 Å². The van der Waals surface area contributed by atoms with Gasteiger partial charge in [0.05, 0.1) is 11.7 Å². The van der Waals surface area contributed by atoms with E-state index in [0.29, 0.717) is 24.8 Å². The number of allylic oxidation sites excluding steroid dienone is 3. The van der Waals surface area contributed by atoms with Gasteiger partial charge in [0, 0.05) is 17.4 Å². The van der Waals surface area contributed by atoms with Crippen LogP contribution >= 0.6 is 0 Å². The predicted molar refractivity (Wildman–Crippen MR) is 131 cm³/mol. The predicted octanol–water partition coefficient (Wildman–Crippen LogP) is 2.12. The van der Waals surface area contributed by atoms with E-state index in [9.17, 15) is 15.3 Å². The molecule has 0 radical (unpaired) electrons. The maximum atomic E-state index is 17.0. The number of aliphatic hydroxyl groups is 3. The lowest BCUT2D eigenvalue weighted by Crippen LogP contribution is -2.78. The van der Waals surface area contributed by atoms with Crippen molar-refractivity contribution in [1.82, 2.24) is 20.3 Å². The number of alkyl halides is 1. The summed E-state index contributed by atoms with van der Waals surface area (Å²) in [6, 6.07) is 5.61. The topological polar surface area (TPSA) is 115 Å². The molecule has 2 spiro atoms. The molecule has 192 valence electrons. The van der Waals surface area contributed by atoms with Crippen molar-refractivity contribution >= 4 is 16.6 Å². The first-order valence-corrected chi connectivity index (χ1v) is 12.9. The van der Waals surface area contributed by atoms with Gasteiger partial charge in [-0.2, -0.15) is 15.4 Å². The van der Waals surface area contributed by atoms with Gasteiger partial charge >= 0.3 is 0 Å². The van der Waals surface area contributed by atoms with Crippen LogP contribution in [0.4, 0.5) is 4.39 Å². The molecule has 2 aromatic rings. The molecule has 4 N–H and O–H groups in total. The number of likely N-dealkylation sites (N-methyl/N-ethyl adjacent to an activating group) is 1. The zero-order chi connectivity index (χ0) is 25.3. The number of H-pyrrole nitrogens is 1. The molecule has 9 unspecified atom stereocenters. The highest BCUT2D eigenvalue weighted by molar-refractivity contribution is 5.82. The molecule has 36 heavy (non-hydrogen) atoms. The average Bonchev–Trinajstić information content (AvgIpc) is 3.55. The minimum Gasteiger partial charge on any atom is -0.389 e. The summed E-state index contributed by atoms with van der Waals surface area (Å²) >= 11 is 0. The average molecular weight is 497 g/mol. The van der Waals surface area contributed by atoms with Gasteiger partial charge in [-0.3, -0.25) is 0 Å². The van der Waals surface area contributed by atoms with Gasteiger partial charge in [0.1, 0.15) is 28.8 Å². The molecular formula is C27H33FN4O4. The number of nitrogens with one attached hydrogen (secondary N) is 1. The van der Waals surface area contributed by atoms with Gasteiger partial charge in [-0.05, 0) is 75.0 Å². The van der Waals surface area contributed by atoms with Crippen molar-refractivity contribution in [3.05, 3.63) is 41.5 Å². The van der Waals surface area contributed by atoms with Crippen LogP contribution in [0.5, 0.6) is 0 Å². The molecule has 1 aromatic carbocycles. The highest BCUT2D eigenvalue weighted by Crippen LogP contribution is 2.70. The van der Waals surface area contributed by atoms with Crippen LogP contribution in [0.25, 0.3) is 16.6 Å². The smallest absolute Gasteiger partial charge is 0.197 e. The molecule has 9 heteroatoms. The molecule has 2 saturated heterocycles. The third-order valence-electron chi connectivity index (χ3n) is 10.4. The minimum absolute atomic E-state index is 0.0216. The fraction of sp³-hybridized carbons (Fsp3) is 0.630. The summed E-state index contributed by atoms with van der Waals surface area (Å²) in [4.78, 5) is 1.81. The van der Waals surface area contributed by atoms with E-state index < -0.39 is 41.2 Å². The van der Waals surface area contributed by atoms with Gasteiger partial charge in [-0.15, -0.1) is 0 Å². The maximum Gasteiger partial charge on any atom is 0.197 e. The number of rotatable bonds is 2. The largest absolute Gasteiger partial charge is 0.389 e. The van der Waals surface area contributed by atoms with Gasteiger partial charge in [-0.1, -0.05) is 25.1 Å². The maximum absolute atomic E-state index is 17.0. The number of nitrogens with zero attached hydrogens (tertiary/aromatic N) is 3. The second-order valence-corrected chi connectivity index (χ2v) is 12.0. The van der Waals surface area contributed by atoms with E-state index in [1.54, 1.807) is 0 Å². The number of halogens is 1. The van der Waals surface area contributed by atoms with Crippen LogP contribution in [-0.2, 0) is 4.74 Å². The molecule has 8 nitrogen and oxygen atoms in total. The Bertz CT molecular complexity index is 1330. The van der Waals surface area contributed by atoms with E-state index in [0.717, 1.165) is 23.0 Å². The quantitative estimate of drug-likeness (QED) is 0.471. The standard InChI is InChI=1S/C27H33FN4O4/c1-24-9-8-16-22(34)27(28)23(35)21(33)19(32(2)3)13-25(27)10-11-26(16,36-25)20(24)7-5-15(24)14-4-6-17-18(12-14)30-31-29-17/h4-6,8,12,19-23,33-35H,7,9-11,13H2,1-3H3,(H,29,30,31). The second-order valence-electron chi connectivity index (χ2n) is 12.0. The summed E-state index contributed by atoms with van der Waals surface area (Å²) < 4.78 is 23.9. The number of hydrogen-bond acceptors (Lipinski definition) is 7. The molecule has 7 rings (SSSR count). The Kier molecular flexibility index (Phi) is 4.48. The molecule has 9 atom stereocenters. The van der Waals surface area contributed by atoms with E-state index in [2.05, 4.69) is 40.5 Å². The van der Waals surface area contributed by atoms with Crippen LogP contribution in [0.3, 0.4) is 0 Å². The van der Waals surface area contributed by atoms with E-state index in [4.69, 9.17) is 4.74 Å². The normalized spacial score (nSPS) is 47.4. The minimum atomic E-state index is -2.47. The number of aliphatic hydroxyl groups excluding tert-OH is 3. The molecule has 3 aliphatic carbocycles. The number of aromatic amines is 1. The van der Waals surface area contributed by atoms with Gasteiger partial charge in [-0.25, -0.2) is 4.39 Å². The molecule has 1 saturated carbocycles. The first-order chi connectivity index (χ1) is 17.1. The highest BCUT2D eigenvalue weighted by Gasteiger charge is 2.79. The van der Waals surface area contributed by atoms with E-state index >= 15 is 4.39 Å². The van der Waals surface area contributed by atoms with Crippen LogP contribution in [0, 0.1) is 11.3 Å². The van der Waals surface area contributed by atoms with Crippen molar-refractivity contribution < 1.29 is 24.4 Å². The van der Waals surface area contributed by atoms with Crippen molar-refractivity contribution in [2.24, 2.45) is 11.3 Å². The van der Waals surface area contributed by atoms with Gasteiger partial charge in [0.2, 0.25) is 0 Å². The molecule has 2 aliphatic heterocycles. The van der Waals surface area contributed by atoms with Crippen molar-refractivity contribution in [3.8, 4) is 0 Å². The number of hydrogen-bond donors (Lipinski definition) is 4. The fourth-order valence-corrected chi connectivity index (χ4v) is 8.54. The van der Waals surface area contributed by atoms with Crippen LogP contribution in [0.2, 0.25) is 0 Å². The van der Waals surface area contributed by atoms with Crippen LogP contribution in [0.15, 0.2) is 35.9 Å². The van der Waals surface area contributed by atoms with E-state index in [1.807, 2.05) is 31.1 Å². The van der Waals surface area contributed by atoms with Gasteiger partial charge in [0.25, 0.3) is 0 Å². The number of benzene rings is 1. The Morgan fingerprint density at radius 2 is 1.89 bits per heavy atom. The summed E-state index contributed by atoms with van der Waals surface area (Å²) in [5.74, 6) is 0.0216. The number of ether oxygens (including phenoxy) is 1. The molecule has 3 fully saturated rings. The monoisotopic (exact) mass is 496 g/mol. The SMILES string of the molecule is CN(C)C1CC23CCC4(O2)C(=CCC2(C)C(c5ccc6n[nH]nc6c5)=CCC24)C(O)C3(F)C(O)C1O. The Hall–Kier alpha value is -2.17. The number of aromatic nitrogens is 3. The summed E-state index contributed by atoms with van der Waals surface area (Å²) in [7, 11) is 3.63. The number of fused-ring (bicyclic) bond motifs is 2. The van der Waals surface area contributed by atoms with E-state index in [1.165, 1.54) is 5.57 Å². The second kappa shape index (κ2) is 7.02. The Morgan fingerprint density at radius 1 is 1.11 bits per heavy atom. The van der Waals surface area contributed by atoms with Crippen LogP contribution < -0.4 is 0 Å². The Morgan fingerprint density at radius 3 is 2.67 bits per heavy atom. The first-order valence-electron chi connectivity index (χ1n) is 12.9. The van der Waals surface area contributed by atoms with Crippen molar-refractivity contribution in [2.45, 2.75) is 80.3 Å². The Labute approximate surface area is 208 Å². The summed E-state index contributed by atoms with van der Waals surface area (Å²) in [6.07, 6.45) is 2.18. The first kappa shape index (κ1) is 23.0. The van der Waals surface area contributed by atoms with Crippen molar-refractivity contribution in [2.75, 3.05) is 14.1 Å². The molecule has 2 bridgehead atoms. The molecule has 0 amide bonds. The van der Waals surface area contributed by atoms with Gasteiger partial charge in [0.15, 0.2) is 5.67 Å². The lowest BCUT2D eigenvalue weighted by Gasteiger charge is -2.62. The molecule has 5 aliphatic rings. The Balaban J connectivity index is 1.32. The lowest BCUT2D eigenvalue weighted by atomic mass is 9.55. The zero-order valence-electron chi connectivity index (χ0n) is 20.8. The summed E-state index contributed by atoms with van der Waals surface area (Å²) in [5.41, 5.74) is -0.451. The van der Waals surface area contributed by atoms with Crippen molar-refractivity contribution in [1.29, 1.82) is 0 Å². The third kappa shape index (κ3) is 2.46.